The van der Waals surface area contributed by atoms with Crippen LogP contribution in [0.25, 0.3) is 11.1 Å². The Morgan fingerprint density at radius 2 is 1.94 bits per heavy atom. The van der Waals surface area contributed by atoms with Gasteiger partial charge >= 0.3 is 0 Å². The van der Waals surface area contributed by atoms with Crippen molar-refractivity contribution in [1.29, 1.82) is 0 Å². The average Bonchev–Trinajstić information content (AvgIpc) is 2.54. The van der Waals surface area contributed by atoms with Crippen LogP contribution in [-0.4, -0.2) is 4.98 Å². The number of aromatic nitrogens is 1. The number of nitrogens with zero attached hydrogens (tertiary/aromatic N) is 1. The molecule has 3 heteroatoms. The van der Waals surface area contributed by atoms with Crippen molar-refractivity contribution in [1.82, 2.24) is 4.98 Å². The second kappa shape index (κ2) is 4.69. The third-order valence-electron chi connectivity index (χ3n) is 2.83. The molecule has 0 unspecified atom stereocenters. The molecule has 1 aromatic carbocycles. The van der Waals surface area contributed by atoms with Crippen LogP contribution in [0.4, 0.5) is 0 Å². The molecule has 2 nitrogen and oxygen atoms in total. The number of fused-ring (bicyclic) bond motifs is 1. The van der Waals surface area contributed by atoms with Gasteiger partial charge in [-0.3, -0.25) is 0 Å². The number of benzene rings is 1. The molecule has 0 spiro atoms. The third-order valence-corrected chi connectivity index (χ3v) is 3.29. The number of oxazole rings is 1. The zero-order valence-electron chi connectivity index (χ0n) is 11.7. The highest BCUT2D eigenvalue weighted by Crippen LogP contribution is 2.31. The molecule has 0 atom stereocenters. The fraction of sp³-hybridized carbons (Fsp3) is 0.533. The summed E-state index contributed by atoms with van der Waals surface area (Å²) in [5, 5.41) is 0. The Kier molecular flexibility index (Phi) is 3.54. The summed E-state index contributed by atoms with van der Waals surface area (Å²) in [6.45, 7) is 10.9. The number of hydrogen-bond acceptors (Lipinski definition) is 2. The standard InChI is InChI=1S/C15H20BrNO/c1-9(2)11-6-10(16)7-12-14(11)18-13(17-12)8-15(3,4)5/h6-7,9H,8H2,1-5H3. The maximum absolute atomic E-state index is 5.96. The molecule has 0 aliphatic heterocycles. The normalized spacial score (nSPS) is 12.6. The van der Waals surface area contributed by atoms with Gasteiger partial charge in [0.2, 0.25) is 0 Å². The second-order valence-electron chi connectivity index (χ2n) is 6.34. The summed E-state index contributed by atoms with van der Waals surface area (Å²) in [7, 11) is 0. The Labute approximate surface area is 117 Å². The molecule has 0 saturated heterocycles. The fourth-order valence-corrected chi connectivity index (χ4v) is 2.49. The SMILES string of the molecule is CC(C)c1cc(Br)cc2nc(CC(C)(C)C)oc12. The Morgan fingerprint density at radius 1 is 1.28 bits per heavy atom. The van der Waals surface area contributed by atoms with Crippen LogP contribution in [0, 0.1) is 5.41 Å². The zero-order valence-corrected chi connectivity index (χ0v) is 13.3. The van der Waals surface area contributed by atoms with Gasteiger partial charge in [-0.15, -0.1) is 0 Å². The summed E-state index contributed by atoms with van der Waals surface area (Å²) >= 11 is 3.54. The van der Waals surface area contributed by atoms with Crippen molar-refractivity contribution < 1.29 is 4.42 Å². The van der Waals surface area contributed by atoms with Crippen molar-refractivity contribution >= 4 is 27.0 Å². The predicted molar refractivity (Wildman–Crippen MR) is 79.0 cm³/mol. The van der Waals surface area contributed by atoms with E-state index in [1.807, 2.05) is 6.07 Å². The van der Waals surface area contributed by atoms with E-state index in [1.54, 1.807) is 0 Å². The van der Waals surface area contributed by atoms with Crippen molar-refractivity contribution in [2.75, 3.05) is 0 Å². The molecule has 1 heterocycles. The highest BCUT2D eigenvalue weighted by atomic mass is 79.9. The van der Waals surface area contributed by atoms with Gasteiger partial charge in [-0.2, -0.15) is 0 Å². The van der Waals surface area contributed by atoms with Crippen LogP contribution in [-0.2, 0) is 6.42 Å². The van der Waals surface area contributed by atoms with E-state index in [9.17, 15) is 0 Å². The lowest BCUT2D eigenvalue weighted by Crippen LogP contribution is -2.09. The van der Waals surface area contributed by atoms with Crippen LogP contribution in [0.1, 0.15) is 52.0 Å². The molecule has 0 N–H and O–H groups in total. The van der Waals surface area contributed by atoms with Gasteiger partial charge in [0.15, 0.2) is 11.5 Å². The molecule has 2 rings (SSSR count). The largest absolute Gasteiger partial charge is 0.440 e. The van der Waals surface area contributed by atoms with E-state index in [0.29, 0.717) is 5.92 Å². The molecule has 0 aliphatic carbocycles. The van der Waals surface area contributed by atoms with Crippen LogP contribution in [0.15, 0.2) is 21.0 Å². The van der Waals surface area contributed by atoms with E-state index in [-0.39, 0.29) is 5.41 Å². The smallest absolute Gasteiger partial charge is 0.196 e. The summed E-state index contributed by atoms with van der Waals surface area (Å²) in [6, 6.07) is 4.15. The predicted octanol–water partition coefficient (Wildman–Crippen LogP) is 5.30. The van der Waals surface area contributed by atoms with Crippen LogP contribution in [0.5, 0.6) is 0 Å². The average molecular weight is 310 g/mol. The monoisotopic (exact) mass is 309 g/mol. The third kappa shape index (κ3) is 2.94. The molecular weight excluding hydrogens is 290 g/mol. The highest BCUT2D eigenvalue weighted by Gasteiger charge is 2.18. The Morgan fingerprint density at radius 3 is 2.50 bits per heavy atom. The van der Waals surface area contributed by atoms with Crippen LogP contribution >= 0.6 is 15.9 Å². The lowest BCUT2D eigenvalue weighted by molar-refractivity contribution is 0.361. The minimum absolute atomic E-state index is 0.191. The summed E-state index contributed by atoms with van der Waals surface area (Å²) in [5.74, 6) is 1.26. The van der Waals surface area contributed by atoms with Crippen LogP contribution < -0.4 is 0 Å². The number of rotatable bonds is 2. The van der Waals surface area contributed by atoms with E-state index >= 15 is 0 Å². The number of halogens is 1. The first-order valence-corrected chi connectivity index (χ1v) is 7.14. The Hall–Kier alpha value is -0.830. The quantitative estimate of drug-likeness (QED) is 0.752. The molecule has 1 aromatic heterocycles. The molecule has 2 aromatic rings. The molecular formula is C15H20BrNO. The molecule has 0 aliphatic rings. The van der Waals surface area contributed by atoms with Gasteiger partial charge in [0.1, 0.15) is 5.52 Å². The first kappa shape index (κ1) is 13.6. The Balaban J connectivity index is 2.53. The van der Waals surface area contributed by atoms with Crippen molar-refractivity contribution in [2.24, 2.45) is 5.41 Å². The first-order chi connectivity index (χ1) is 8.26. The topological polar surface area (TPSA) is 26.0 Å². The summed E-state index contributed by atoms with van der Waals surface area (Å²) in [4.78, 5) is 4.61. The van der Waals surface area contributed by atoms with E-state index in [1.165, 1.54) is 5.56 Å². The van der Waals surface area contributed by atoms with Gasteiger partial charge in [0, 0.05) is 16.5 Å². The van der Waals surface area contributed by atoms with Gasteiger partial charge in [-0.05, 0) is 23.5 Å². The van der Waals surface area contributed by atoms with Crippen LogP contribution in [0.3, 0.4) is 0 Å². The van der Waals surface area contributed by atoms with Gasteiger partial charge in [-0.1, -0.05) is 50.5 Å². The van der Waals surface area contributed by atoms with Gasteiger partial charge in [-0.25, -0.2) is 4.98 Å². The van der Waals surface area contributed by atoms with Crippen molar-refractivity contribution in [3.8, 4) is 0 Å². The minimum Gasteiger partial charge on any atom is -0.440 e. The first-order valence-electron chi connectivity index (χ1n) is 6.35. The lowest BCUT2D eigenvalue weighted by Gasteiger charge is -2.14. The summed E-state index contributed by atoms with van der Waals surface area (Å²) in [6.07, 6.45) is 0.858. The molecule has 0 saturated carbocycles. The van der Waals surface area contributed by atoms with E-state index in [2.05, 4.69) is 61.6 Å². The maximum atomic E-state index is 5.96. The molecule has 0 bridgehead atoms. The molecule has 0 radical (unpaired) electrons. The Bertz CT molecular complexity index is 564. The minimum atomic E-state index is 0.191. The molecule has 18 heavy (non-hydrogen) atoms. The van der Waals surface area contributed by atoms with Crippen molar-refractivity contribution in [3.05, 3.63) is 28.1 Å². The molecule has 0 amide bonds. The summed E-state index contributed by atoms with van der Waals surface area (Å²) in [5.41, 5.74) is 3.29. The van der Waals surface area contributed by atoms with Crippen LogP contribution in [0.2, 0.25) is 0 Å². The zero-order chi connectivity index (χ0) is 13.5. The van der Waals surface area contributed by atoms with E-state index in [4.69, 9.17) is 4.42 Å². The van der Waals surface area contributed by atoms with Crippen molar-refractivity contribution in [2.45, 2.75) is 47.0 Å². The van der Waals surface area contributed by atoms with E-state index < -0.39 is 0 Å². The summed E-state index contributed by atoms with van der Waals surface area (Å²) < 4.78 is 7.02. The lowest BCUT2D eigenvalue weighted by atomic mass is 9.92. The second-order valence-corrected chi connectivity index (χ2v) is 7.26. The van der Waals surface area contributed by atoms with Gasteiger partial charge in [0.25, 0.3) is 0 Å². The van der Waals surface area contributed by atoms with E-state index in [0.717, 1.165) is 27.9 Å². The molecule has 0 fully saturated rings. The fourth-order valence-electron chi connectivity index (χ4n) is 2.03. The maximum Gasteiger partial charge on any atom is 0.196 e. The molecule has 98 valence electrons. The highest BCUT2D eigenvalue weighted by molar-refractivity contribution is 9.10. The van der Waals surface area contributed by atoms with Gasteiger partial charge in [0.05, 0.1) is 0 Å². The van der Waals surface area contributed by atoms with Crippen molar-refractivity contribution in [3.63, 3.8) is 0 Å². The van der Waals surface area contributed by atoms with Gasteiger partial charge < -0.3 is 4.42 Å². The number of hydrogen-bond donors (Lipinski definition) is 0.